The maximum atomic E-state index is 13.4. The molecule has 1 atom stereocenters. The number of nitrogens with one attached hydrogen (secondary N) is 1. The van der Waals surface area contributed by atoms with E-state index in [1.54, 1.807) is 30.1 Å². The third-order valence-electron chi connectivity index (χ3n) is 5.95. The highest BCUT2D eigenvalue weighted by Crippen LogP contribution is 2.27. The lowest BCUT2D eigenvalue weighted by Crippen LogP contribution is -2.26. The Bertz CT molecular complexity index is 1470. The lowest BCUT2D eigenvalue weighted by Gasteiger charge is -2.14. The molecule has 0 aliphatic heterocycles. The number of carbonyl (C=O) groups excluding carboxylic acids is 1. The minimum absolute atomic E-state index is 0.0726. The van der Waals surface area contributed by atoms with E-state index in [2.05, 4.69) is 14.9 Å². The Morgan fingerprint density at radius 3 is 2.42 bits per heavy atom. The number of hydrogen-bond acceptors (Lipinski definition) is 4. The van der Waals surface area contributed by atoms with E-state index in [1.165, 1.54) is 12.1 Å². The molecule has 180 valence electrons. The molecule has 0 fully saturated rings. The fourth-order valence-electron chi connectivity index (χ4n) is 3.97. The van der Waals surface area contributed by atoms with Gasteiger partial charge in [-0.2, -0.15) is 0 Å². The van der Waals surface area contributed by atoms with Crippen molar-refractivity contribution in [2.75, 3.05) is 0 Å². The third kappa shape index (κ3) is 5.47. The zero-order valence-electron chi connectivity index (χ0n) is 19.8. The van der Waals surface area contributed by atoms with Crippen molar-refractivity contribution in [3.8, 4) is 0 Å². The molecule has 3 aromatic carbocycles. The average Bonchev–Trinajstić information content (AvgIpc) is 3.26. The fraction of sp³-hybridized carbons (Fsp3) is 0.138. The summed E-state index contributed by atoms with van der Waals surface area (Å²) in [6.07, 6.45) is 1.75. The standard InChI is InChI=1S/C29H25FN4OS/c1-20(23-6-3-2-4-7-23)32-28(35)24-13-9-22(10-14-24)19-36-29-33-26-8-5-17-31-27(26)34(29)18-21-11-15-25(30)16-12-21/h2-17,20H,18-19H2,1H3,(H,32,35)/t20-/m0/s1. The predicted molar refractivity (Wildman–Crippen MR) is 141 cm³/mol. The highest BCUT2D eigenvalue weighted by atomic mass is 32.2. The van der Waals surface area contributed by atoms with Gasteiger partial charge in [0.1, 0.15) is 11.3 Å². The van der Waals surface area contributed by atoms with Crippen molar-refractivity contribution in [1.82, 2.24) is 19.9 Å². The van der Waals surface area contributed by atoms with E-state index >= 15 is 0 Å². The largest absolute Gasteiger partial charge is 0.346 e. The van der Waals surface area contributed by atoms with Crippen molar-refractivity contribution < 1.29 is 9.18 Å². The van der Waals surface area contributed by atoms with Gasteiger partial charge in [0.15, 0.2) is 10.8 Å². The molecule has 0 bridgehead atoms. The molecule has 0 aliphatic rings. The summed E-state index contributed by atoms with van der Waals surface area (Å²) < 4.78 is 15.4. The van der Waals surface area contributed by atoms with Crippen LogP contribution in [0.5, 0.6) is 0 Å². The molecule has 0 saturated carbocycles. The summed E-state index contributed by atoms with van der Waals surface area (Å²) >= 11 is 1.61. The fourth-order valence-corrected chi connectivity index (χ4v) is 4.93. The van der Waals surface area contributed by atoms with Gasteiger partial charge in [-0.05, 0) is 60.0 Å². The molecule has 0 spiro atoms. The van der Waals surface area contributed by atoms with E-state index < -0.39 is 0 Å². The Kier molecular flexibility index (Phi) is 7.09. The monoisotopic (exact) mass is 496 g/mol. The quantitative estimate of drug-likeness (QED) is 0.253. The first-order valence-electron chi connectivity index (χ1n) is 11.7. The minimum atomic E-state index is -0.256. The molecule has 2 heterocycles. The summed E-state index contributed by atoms with van der Waals surface area (Å²) in [5.74, 6) is 0.334. The van der Waals surface area contributed by atoms with Gasteiger partial charge in [0.2, 0.25) is 0 Å². The zero-order chi connectivity index (χ0) is 24.9. The minimum Gasteiger partial charge on any atom is -0.346 e. The van der Waals surface area contributed by atoms with E-state index in [-0.39, 0.29) is 17.8 Å². The van der Waals surface area contributed by atoms with Crippen LogP contribution in [0.15, 0.2) is 102 Å². The molecule has 1 N–H and O–H groups in total. The normalized spacial score (nSPS) is 11.9. The van der Waals surface area contributed by atoms with Gasteiger partial charge < -0.3 is 5.32 Å². The van der Waals surface area contributed by atoms with Crippen molar-refractivity contribution in [1.29, 1.82) is 0 Å². The number of fused-ring (bicyclic) bond motifs is 1. The molecule has 0 saturated heterocycles. The van der Waals surface area contributed by atoms with Crippen LogP contribution in [-0.4, -0.2) is 20.4 Å². The molecule has 5 aromatic rings. The third-order valence-corrected chi connectivity index (χ3v) is 7.00. The number of rotatable bonds is 8. The van der Waals surface area contributed by atoms with Crippen molar-refractivity contribution in [2.45, 2.75) is 30.4 Å². The molecule has 2 aromatic heterocycles. The molecule has 0 aliphatic carbocycles. The van der Waals surface area contributed by atoms with Crippen molar-refractivity contribution >= 4 is 28.8 Å². The van der Waals surface area contributed by atoms with E-state index in [1.807, 2.05) is 73.7 Å². The molecule has 1 amide bonds. The number of thioether (sulfide) groups is 1. The van der Waals surface area contributed by atoms with Crippen LogP contribution in [-0.2, 0) is 12.3 Å². The summed E-state index contributed by atoms with van der Waals surface area (Å²) in [6, 6.07) is 27.8. The summed E-state index contributed by atoms with van der Waals surface area (Å²) in [6.45, 7) is 2.53. The Hall–Kier alpha value is -3.97. The van der Waals surface area contributed by atoms with Gasteiger partial charge in [0.25, 0.3) is 5.91 Å². The SMILES string of the molecule is C[C@H](NC(=O)c1ccc(CSc2nc3cccnc3n2Cc2ccc(F)cc2)cc1)c1ccccc1. The van der Waals surface area contributed by atoms with Gasteiger partial charge in [-0.25, -0.2) is 14.4 Å². The highest BCUT2D eigenvalue weighted by Gasteiger charge is 2.14. The second kappa shape index (κ2) is 10.7. The van der Waals surface area contributed by atoms with Crippen molar-refractivity contribution in [3.63, 3.8) is 0 Å². The number of benzene rings is 3. The number of hydrogen-bond donors (Lipinski definition) is 1. The first-order valence-corrected chi connectivity index (χ1v) is 12.7. The topological polar surface area (TPSA) is 59.8 Å². The Morgan fingerprint density at radius 1 is 0.944 bits per heavy atom. The van der Waals surface area contributed by atoms with Crippen LogP contribution in [0.4, 0.5) is 4.39 Å². The number of halogens is 1. The summed E-state index contributed by atoms with van der Waals surface area (Å²) in [5, 5.41) is 3.89. The van der Waals surface area contributed by atoms with Gasteiger partial charge in [-0.3, -0.25) is 9.36 Å². The van der Waals surface area contributed by atoms with Crippen LogP contribution in [0.1, 0.15) is 40.0 Å². The van der Waals surface area contributed by atoms with Gasteiger partial charge in [0, 0.05) is 17.5 Å². The maximum absolute atomic E-state index is 13.4. The zero-order valence-corrected chi connectivity index (χ0v) is 20.6. The Labute approximate surface area is 213 Å². The van der Waals surface area contributed by atoms with Gasteiger partial charge >= 0.3 is 0 Å². The van der Waals surface area contributed by atoms with E-state index in [4.69, 9.17) is 4.98 Å². The molecule has 36 heavy (non-hydrogen) atoms. The molecule has 0 radical (unpaired) electrons. The first kappa shape index (κ1) is 23.8. The van der Waals surface area contributed by atoms with Crippen molar-refractivity contribution in [2.24, 2.45) is 0 Å². The van der Waals surface area contributed by atoms with E-state index in [0.717, 1.165) is 33.0 Å². The van der Waals surface area contributed by atoms with Crippen LogP contribution >= 0.6 is 11.8 Å². The second-order valence-electron chi connectivity index (χ2n) is 8.54. The molecule has 5 nitrogen and oxygen atoms in total. The second-order valence-corrected chi connectivity index (χ2v) is 9.49. The van der Waals surface area contributed by atoms with Crippen LogP contribution in [0, 0.1) is 5.82 Å². The number of pyridine rings is 1. The van der Waals surface area contributed by atoms with Gasteiger partial charge in [-0.15, -0.1) is 0 Å². The van der Waals surface area contributed by atoms with Crippen molar-refractivity contribution in [3.05, 3.63) is 125 Å². The van der Waals surface area contributed by atoms with Crippen LogP contribution in [0.25, 0.3) is 11.2 Å². The summed E-state index contributed by atoms with van der Waals surface area (Å²) in [7, 11) is 0. The smallest absolute Gasteiger partial charge is 0.251 e. The van der Waals surface area contributed by atoms with E-state index in [0.29, 0.717) is 17.9 Å². The highest BCUT2D eigenvalue weighted by molar-refractivity contribution is 7.98. The number of carbonyl (C=O) groups is 1. The van der Waals surface area contributed by atoms with Gasteiger partial charge in [0.05, 0.1) is 12.6 Å². The molecule has 0 unspecified atom stereocenters. The summed E-state index contributed by atoms with van der Waals surface area (Å²) in [4.78, 5) is 22.0. The van der Waals surface area contributed by atoms with Crippen LogP contribution in [0.2, 0.25) is 0 Å². The van der Waals surface area contributed by atoms with E-state index in [9.17, 15) is 9.18 Å². The number of imidazole rings is 1. The Balaban J connectivity index is 1.27. The lowest BCUT2D eigenvalue weighted by atomic mass is 10.1. The van der Waals surface area contributed by atoms with Crippen LogP contribution in [0.3, 0.4) is 0 Å². The first-order chi connectivity index (χ1) is 17.6. The lowest BCUT2D eigenvalue weighted by molar-refractivity contribution is 0.0940. The molecule has 7 heteroatoms. The number of amides is 1. The predicted octanol–water partition coefficient (Wildman–Crippen LogP) is 6.40. The Morgan fingerprint density at radius 2 is 1.67 bits per heavy atom. The molecule has 5 rings (SSSR count). The van der Waals surface area contributed by atoms with Gasteiger partial charge in [-0.1, -0.05) is 66.4 Å². The molecular weight excluding hydrogens is 471 g/mol. The number of nitrogens with zero attached hydrogens (tertiary/aromatic N) is 3. The van der Waals surface area contributed by atoms with Crippen LogP contribution < -0.4 is 5.32 Å². The molecular formula is C29H25FN4OS. The summed E-state index contributed by atoms with van der Waals surface area (Å²) in [5.41, 5.74) is 5.37. The number of aromatic nitrogens is 3. The average molecular weight is 497 g/mol. The maximum Gasteiger partial charge on any atom is 0.251 e.